The first-order valence-corrected chi connectivity index (χ1v) is 6.66. The molecule has 10 heteroatoms. The molecule has 2 rings (SSSR count). The molecule has 0 bridgehead atoms. The van der Waals surface area contributed by atoms with Gasteiger partial charge in [-0.2, -0.15) is 0 Å². The molecular formula is C13H14FN3O6. The van der Waals surface area contributed by atoms with Crippen molar-refractivity contribution in [2.24, 2.45) is 5.16 Å². The molecule has 1 aliphatic heterocycles. The van der Waals surface area contributed by atoms with E-state index in [1.165, 1.54) is 13.2 Å². The van der Waals surface area contributed by atoms with Gasteiger partial charge in [-0.3, -0.25) is 15.0 Å². The number of esters is 1. The molecule has 9 nitrogen and oxygen atoms in total. The highest BCUT2D eigenvalue weighted by molar-refractivity contribution is 6.13. The number of oxime groups is 1. The molecule has 3 amide bonds. The summed E-state index contributed by atoms with van der Waals surface area (Å²) >= 11 is 0. The van der Waals surface area contributed by atoms with E-state index in [0.29, 0.717) is 10.8 Å². The van der Waals surface area contributed by atoms with Crippen molar-refractivity contribution in [3.8, 4) is 0 Å². The Labute approximate surface area is 129 Å². The predicted molar refractivity (Wildman–Crippen MR) is 72.7 cm³/mol. The fraction of sp³-hybridized carbons (Fsp3) is 0.385. The molecule has 1 aromatic heterocycles. The molecule has 1 saturated heterocycles. The second-order valence-corrected chi connectivity index (χ2v) is 4.52. The van der Waals surface area contributed by atoms with E-state index in [1.54, 1.807) is 17.4 Å². The van der Waals surface area contributed by atoms with Crippen LogP contribution in [-0.2, 0) is 19.3 Å². The number of hydrogen-bond acceptors (Lipinski definition) is 7. The molecule has 2 heterocycles. The van der Waals surface area contributed by atoms with Gasteiger partial charge in [0.25, 0.3) is 5.91 Å². The van der Waals surface area contributed by atoms with E-state index < -0.39 is 29.6 Å². The molecule has 2 atom stereocenters. The van der Waals surface area contributed by atoms with Gasteiger partial charge < -0.3 is 9.15 Å². The number of nitrogens with one attached hydrogen (secondary N) is 1. The van der Waals surface area contributed by atoms with E-state index in [0.717, 1.165) is 13.1 Å². The number of rotatable bonds is 5. The van der Waals surface area contributed by atoms with Crippen molar-refractivity contribution in [3.05, 3.63) is 24.2 Å². The summed E-state index contributed by atoms with van der Waals surface area (Å²) in [7, 11) is 0. The zero-order valence-corrected chi connectivity index (χ0v) is 12.3. The average Bonchev–Trinajstić information content (AvgIpc) is 3.02. The van der Waals surface area contributed by atoms with E-state index >= 15 is 0 Å². The quantitative estimate of drug-likeness (QED) is 0.370. The molecular weight excluding hydrogens is 313 g/mol. The Bertz CT molecular complexity index is 632. The molecule has 1 N–H and O–H groups in total. The average molecular weight is 327 g/mol. The number of nitrogens with zero attached hydrogens (tertiary/aromatic N) is 2. The lowest BCUT2D eigenvalue weighted by molar-refractivity contribution is -0.200. The van der Waals surface area contributed by atoms with Crippen molar-refractivity contribution < 1.29 is 32.9 Å². The third-order valence-electron chi connectivity index (χ3n) is 3.11. The van der Waals surface area contributed by atoms with Gasteiger partial charge in [-0.1, -0.05) is 5.16 Å². The first-order chi connectivity index (χ1) is 10.9. The van der Waals surface area contributed by atoms with Crippen molar-refractivity contribution >= 4 is 24.1 Å². The molecule has 0 saturated carbocycles. The van der Waals surface area contributed by atoms with Crippen molar-refractivity contribution in [2.45, 2.75) is 25.6 Å². The largest absolute Gasteiger partial charge is 0.463 e. The van der Waals surface area contributed by atoms with Crippen LogP contribution in [0.2, 0.25) is 0 Å². The summed E-state index contributed by atoms with van der Waals surface area (Å²) in [4.78, 5) is 40.0. The van der Waals surface area contributed by atoms with Crippen LogP contribution in [0.15, 0.2) is 28.0 Å². The topological polar surface area (TPSA) is 110 Å². The molecule has 2 unspecified atom stereocenters. The minimum atomic E-state index is -3.11. The van der Waals surface area contributed by atoms with Crippen molar-refractivity contribution in [3.63, 3.8) is 0 Å². The Morgan fingerprint density at radius 2 is 2.35 bits per heavy atom. The van der Waals surface area contributed by atoms with Gasteiger partial charge in [0.1, 0.15) is 18.0 Å². The summed E-state index contributed by atoms with van der Waals surface area (Å²) in [5.74, 6) is -2.51. The van der Waals surface area contributed by atoms with Crippen LogP contribution in [0.1, 0.15) is 19.6 Å². The Kier molecular flexibility index (Phi) is 4.63. The third kappa shape index (κ3) is 3.00. The zero-order valence-electron chi connectivity index (χ0n) is 12.3. The van der Waals surface area contributed by atoms with E-state index in [1.807, 2.05) is 0 Å². The number of urea groups is 1. The number of ether oxygens (including phenoxy) is 1. The third-order valence-corrected chi connectivity index (χ3v) is 3.11. The van der Waals surface area contributed by atoms with Crippen LogP contribution >= 0.6 is 0 Å². The van der Waals surface area contributed by atoms with Crippen LogP contribution in [0.25, 0.3) is 0 Å². The highest BCUT2D eigenvalue weighted by atomic mass is 19.1. The lowest BCUT2D eigenvalue weighted by Crippen LogP contribution is -2.70. The van der Waals surface area contributed by atoms with Crippen molar-refractivity contribution in [1.82, 2.24) is 10.4 Å². The highest BCUT2D eigenvalue weighted by Gasteiger charge is 2.61. The summed E-state index contributed by atoms with van der Waals surface area (Å²) in [5.41, 5.74) is -3.11. The van der Waals surface area contributed by atoms with Gasteiger partial charge in [-0.25, -0.2) is 14.0 Å². The maximum absolute atomic E-state index is 14.8. The number of furan rings is 1. The zero-order chi connectivity index (χ0) is 17.0. The fourth-order valence-electron chi connectivity index (χ4n) is 1.87. The normalized spacial score (nSPS) is 24.7. The van der Waals surface area contributed by atoms with Crippen LogP contribution in [0.3, 0.4) is 0 Å². The Hall–Kier alpha value is -2.91. The molecule has 0 aliphatic carbocycles. The van der Waals surface area contributed by atoms with Gasteiger partial charge in [0.2, 0.25) is 0 Å². The highest BCUT2D eigenvalue weighted by Crippen LogP contribution is 2.27. The van der Waals surface area contributed by atoms with Crippen LogP contribution < -0.4 is 5.32 Å². The standard InChI is InChI=1S/C13H14FN3O6/c1-3-21-11(19)13(14)8(2)17(12(20)16-10(13)18)23-15-7-9-5-4-6-22-9/h4-8H,3H2,1-2H3,(H,16,18,20). The van der Waals surface area contributed by atoms with Gasteiger partial charge in [0, 0.05) is 0 Å². The summed E-state index contributed by atoms with van der Waals surface area (Å²) in [6.45, 7) is 2.45. The Morgan fingerprint density at radius 1 is 1.61 bits per heavy atom. The van der Waals surface area contributed by atoms with Crippen LogP contribution in [-0.4, -0.2) is 47.5 Å². The Balaban J connectivity index is 2.17. The monoisotopic (exact) mass is 327 g/mol. The molecule has 124 valence electrons. The number of alkyl halides is 1. The minimum absolute atomic E-state index is 0.129. The Morgan fingerprint density at radius 3 is 2.96 bits per heavy atom. The van der Waals surface area contributed by atoms with E-state index in [4.69, 9.17) is 9.36 Å². The fourth-order valence-corrected chi connectivity index (χ4v) is 1.87. The molecule has 0 aromatic carbocycles. The van der Waals surface area contributed by atoms with Gasteiger partial charge in [-0.05, 0) is 26.0 Å². The molecule has 23 heavy (non-hydrogen) atoms. The lowest BCUT2D eigenvalue weighted by Gasteiger charge is -2.37. The number of halogens is 1. The molecule has 0 radical (unpaired) electrons. The molecule has 0 spiro atoms. The first kappa shape index (κ1) is 16.5. The number of amides is 3. The summed E-state index contributed by atoms with van der Waals surface area (Å²) in [5, 5.41) is 5.56. The molecule has 1 aromatic rings. The summed E-state index contributed by atoms with van der Waals surface area (Å²) in [6.07, 6.45) is 2.52. The van der Waals surface area contributed by atoms with E-state index in [9.17, 15) is 18.8 Å². The van der Waals surface area contributed by atoms with Crippen LogP contribution in [0, 0.1) is 0 Å². The minimum Gasteiger partial charge on any atom is -0.463 e. The maximum atomic E-state index is 14.8. The van der Waals surface area contributed by atoms with Gasteiger partial charge in [-0.15, -0.1) is 5.06 Å². The number of carbonyl (C=O) groups is 3. The lowest BCUT2D eigenvalue weighted by atomic mass is 9.94. The predicted octanol–water partition coefficient (Wildman–Crippen LogP) is 0.757. The first-order valence-electron chi connectivity index (χ1n) is 6.66. The smallest absolute Gasteiger partial charge is 0.359 e. The number of hydroxylamine groups is 2. The van der Waals surface area contributed by atoms with Gasteiger partial charge in [0.15, 0.2) is 0 Å². The molecule has 1 aliphatic rings. The SMILES string of the molecule is CCOC(=O)C1(F)C(=O)NC(=O)N(ON=Cc2ccco2)C1C. The second-order valence-electron chi connectivity index (χ2n) is 4.52. The maximum Gasteiger partial charge on any atom is 0.359 e. The van der Waals surface area contributed by atoms with Crippen LogP contribution in [0.5, 0.6) is 0 Å². The van der Waals surface area contributed by atoms with Gasteiger partial charge >= 0.3 is 17.7 Å². The number of hydrogen-bond donors (Lipinski definition) is 1. The summed E-state index contributed by atoms with van der Waals surface area (Å²) in [6, 6.07) is 0.519. The summed E-state index contributed by atoms with van der Waals surface area (Å²) < 4.78 is 24.3. The number of carbonyl (C=O) groups excluding carboxylic acids is 3. The second kappa shape index (κ2) is 6.46. The molecule has 1 fully saturated rings. The van der Waals surface area contributed by atoms with E-state index in [-0.39, 0.29) is 6.61 Å². The van der Waals surface area contributed by atoms with Crippen molar-refractivity contribution in [2.75, 3.05) is 6.61 Å². The van der Waals surface area contributed by atoms with Crippen molar-refractivity contribution in [1.29, 1.82) is 0 Å². The van der Waals surface area contributed by atoms with Gasteiger partial charge in [0.05, 0.1) is 12.9 Å². The van der Waals surface area contributed by atoms with Crippen LogP contribution in [0.4, 0.5) is 9.18 Å². The number of imide groups is 1. The van der Waals surface area contributed by atoms with E-state index in [2.05, 4.69) is 9.89 Å².